The molecule has 0 aliphatic carbocycles. The molecule has 0 saturated carbocycles. The van der Waals surface area contributed by atoms with E-state index in [1.54, 1.807) is 4.90 Å². The summed E-state index contributed by atoms with van der Waals surface area (Å²) in [4.78, 5) is 57.9. The van der Waals surface area contributed by atoms with Gasteiger partial charge >= 0.3 is 11.8 Å². The van der Waals surface area contributed by atoms with Gasteiger partial charge in [0, 0.05) is 51.1 Å². The third-order valence-electron chi connectivity index (χ3n) is 6.29. The molecule has 1 N–H and O–H groups in total. The molecule has 0 bridgehead atoms. The molecule has 2 aromatic heterocycles. The van der Waals surface area contributed by atoms with Crippen molar-refractivity contribution in [2.75, 3.05) is 29.9 Å². The fraction of sp³-hybridized carbons (Fsp3) is 0.480. The molecule has 37 heavy (non-hydrogen) atoms. The van der Waals surface area contributed by atoms with E-state index in [2.05, 4.69) is 22.1 Å². The number of hydrogen-bond acceptors (Lipinski definition) is 7. The Balaban J connectivity index is 1.40. The quantitative estimate of drug-likeness (QED) is 0.563. The number of hydrogen-bond donors (Lipinski definition) is 1. The third kappa shape index (κ3) is 5.37. The maximum atomic E-state index is 12.7. The predicted molar refractivity (Wildman–Crippen MR) is 140 cm³/mol. The average Bonchev–Trinajstić information content (AvgIpc) is 3.24. The third-order valence-corrected chi connectivity index (χ3v) is 6.29. The van der Waals surface area contributed by atoms with Crippen LogP contribution >= 0.6 is 0 Å². The molecule has 0 radical (unpaired) electrons. The van der Waals surface area contributed by atoms with Gasteiger partial charge in [0.1, 0.15) is 12.1 Å². The van der Waals surface area contributed by atoms with Crippen molar-refractivity contribution < 1.29 is 14.3 Å². The van der Waals surface area contributed by atoms with Crippen LogP contribution in [0.1, 0.15) is 27.7 Å². The second kappa shape index (κ2) is 9.75. The number of rotatable bonds is 4. The van der Waals surface area contributed by atoms with E-state index in [9.17, 15) is 19.2 Å². The Morgan fingerprint density at radius 1 is 1.08 bits per heavy atom. The van der Waals surface area contributed by atoms with E-state index in [0.717, 1.165) is 10.3 Å². The Hall–Kier alpha value is -4.09. The van der Waals surface area contributed by atoms with Gasteiger partial charge < -0.3 is 24.4 Å². The second-order valence-corrected chi connectivity index (χ2v) is 10.3. The summed E-state index contributed by atoms with van der Waals surface area (Å²) in [6.45, 7) is 9.26. The number of aromatic nitrogens is 4. The summed E-state index contributed by atoms with van der Waals surface area (Å²) in [5.74, 6) is -0.331. The number of nitrogens with zero attached hydrogens (tertiary/aromatic N) is 6. The average molecular weight is 512 g/mol. The Morgan fingerprint density at radius 2 is 1.76 bits per heavy atom. The molecule has 4 rings (SSSR count). The zero-order valence-electron chi connectivity index (χ0n) is 22.0. The molecule has 12 heteroatoms. The number of carbonyl (C=O) groups excluding carboxylic acids is 2. The van der Waals surface area contributed by atoms with Gasteiger partial charge in [0.25, 0.3) is 5.56 Å². The maximum absolute atomic E-state index is 12.7. The van der Waals surface area contributed by atoms with Gasteiger partial charge in [-0.15, -0.1) is 0 Å². The van der Waals surface area contributed by atoms with Crippen LogP contribution in [0.2, 0.25) is 0 Å². The molecule has 198 valence electrons. The van der Waals surface area contributed by atoms with Crippen LogP contribution in [0.5, 0.6) is 0 Å². The molecule has 0 unspecified atom stereocenters. The molecular formula is C25H33N7O5. The lowest BCUT2D eigenvalue weighted by atomic mass is 10.1. The number of anilines is 2. The summed E-state index contributed by atoms with van der Waals surface area (Å²) >= 11 is 0. The highest BCUT2D eigenvalue weighted by Crippen LogP contribution is 2.24. The van der Waals surface area contributed by atoms with E-state index < -0.39 is 16.9 Å². The Morgan fingerprint density at radius 3 is 2.38 bits per heavy atom. The zero-order chi connectivity index (χ0) is 27.1. The highest BCUT2D eigenvalue weighted by molar-refractivity contribution is 5.91. The molecular weight excluding hydrogens is 478 g/mol. The first-order valence-corrected chi connectivity index (χ1v) is 12.1. The number of amides is 2. The summed E-state index contributed by atoms with van der Waals surface area (Å²) in [5.41, 5.74) is 0.496. The van der Waals surface area contributed by atoms with Crippen LogP contribution in [-0.2, 0) is 30.2 Å². The largest absolute Gasteiger partial charge is 0.444 e. The van der Waals surface area contributed by atoms with Crippen molar-refractivity contribution in [1.82, 2.24) is 23.6 Å². The number of piperazine rings is 1. The SMILES string of the molecule is C[C@@H]1CN(C(=O)OC(C)(C)C)CCN1c1ccc(NC(=O)Cn2cnc3c2c(=O)n(C)c(=O)n3C)cc1. The van der Waals surface area contributed by atoms with E-state index in [-0.39, 0.29) is 35.8 Å². The van der Waals surface area contributed by atoms with Crippen LogP contribution in [0.15, 0.2) is 40.2 Å². The van der Waals surface area contributed by atoms with Crippen molar-refractivity contribution in [3.8, 4) is 0 Å². The number of nitrogens with one attached hydrogen (secondary N) is 1. The van der Waals surface area contributed by atoms with Crippen LogP contribution in [0.3, 0.4) is 0 Å². The van der Waals surface area contributed by atoms with Crippen molar-refractivity contribution in [3.05, 3.63) is 51.4 Å². The summed E-state index contributed by atoms with van der Waals surface area (Å²) in [7, 11) is 2.92. The smallest absolute Gasteiger partial charge is 0.410 e. The predicted octanol–water partition coefficient (Wildman–Crippen LogP) is 1.52. The van der Waals surface area contributed by atoms with Crippen molar-refractivity contribution in [1.29, 1.82) is 0 Å². The molecule has 3 aromatic rings. The molecule has 3 heterocycles. The van der Waals surface area contributed by atoms with Gasteiger partial charge in [0.05, 0.1) is 6.33 Å². The maximum Gasteiger partial charge on any atom is 0.410 e. The molecule has 1 aliphatic heterocycles. The van der Waals surface area contributed by atoms with Crippen LogP contribution in [0.25, 0.3) is 11.2 Å². The molecule has 2 amide bonds. The first kappa shape index (κ1) is 26.0. The van der Waals surface area contributed by atoms with Gasteiger partial charge in [-0.3, -0.25) is 18.7 Å². The molecule has 1 atom stereocenters. The van der Waals surface area contributed by atoms with Gasteiger partial charge in [-0.2, -0.15) is 0 Å². The van der Waals surface area contributed by atoms with Crippen molar-refractivity contribution in [2.45, 2.75) is 45.9 Å². The van der Waals surface area contributed by atoms with Crippen LogP contribution < -0.4 is 21.5 Å². The molecule has 1 aliphatic rings. The lowest BCUT2D eigenvalue weighted by Gasteiger charge is -2.41. The number of benzene rings is 1. The van der Waals surface area contributed by atoms with E-state index in [1.807, 2.05) is 45.0 Å². The summed E-state index contributed by atoms with van der Waals surface area (Å²) < 4.78 is 9.20. The zero-order valence-corrected chi connectivity index (χ0v) is 22.0. The first-order chi connectivity index (χ1) is 17.4. The summed E-state index contributed by atoms with van der Waals surface area (Å²) in [6.07, 6.45) is 1.08. The number of ether oxygens (including phenoxy) is 1. The van der Waals surface area contributed by atoms with Crippen LogP contribution in [-0.4, -0.2) is 66.9 Å². The normalized spacial score (nSPS) is 16.2. The highest BCUT2D eigenvalue weighted by Gasteiger charge is 2.30. The summed E-state index contributed by atoms with van der Waals surface area (Å²) in [5, 5.41) is 2.84. The van der Waals surface area contributed by atoms with Gasteiger partial charge in [0.2, 0.25) is 5.91 Å². The molecule has 1 aromatic carbocycles. The Bertz CT molecular complexity index is 1450. The minimum atomic E-state index is -0.532. The van der Waals surface area contributed by atoms with Crippen LogP contribution in [0.4, 0.5) is 16.2 Å². The van der Waals surface area contributed by atoms with Gasteiger partial charge in [0.15, 0.2) is 11.2 Å². The monoisotopic (exact) mass is 511 g/mol. The molecule has 0 spiro atoms. The number of aryl methyl sites for hydroxylation is 1. The minimum absolute atomic E-state index is 0.0924. The standard InChI is InChI=1S/C25H33N7O5/c1-16-13-30(24(36)37-25(2,3)4)11-12-32(16)18-9-7-17(8-10-18)27-19(33)14-31-15-26-21-20(31)22(34)29(6)23(35)28(21)5/h7-10,15-16H,11-14H2,1-6H3,(H,27,33)/t16-/m1/s1. The molecule has 1 fully saturated rings. The van der Waals surface area contributed by atoms with Crippen molar-refractivity contribution in [2.24, 2.45) is 14.1 Å². The van der Waals surface area contributed by atoms with E-state index in [1.165, 1.54) is 29.6 Å². The Kier molecular flexibility index (Phi) is 6.85. The summed E-state index contributed by atoms with van der Waals surface area (Å²) in [6, 6.07) is 7.57. The van der Waals surface area contributed by atoms with E-state index in [4.69, 9.17) is 4.74 Å². The number of fused-ring (bicyclic) bond motifs is 1. The first-order valence-electron chi connectivity index (χ1n) is 12.1. The number of imidazole rings is 1. The second-order valence-electron chi connectivity index (χ2n) is 10.3. The van der Waals surface area contributed by atoms with Gasteiger partial charge in [-0.25, -0.2) is 14.6 Å². The Labute approximate surface area is 214 Å². The number of carbonyl (C=O) groups is 2. The minimum Gasteiger partial charge on any atom is -0.444 e. The fourth-order valence-electron chi connectivity index (χ4n) is 4.44. The van der Waals surface area contributed by atoms with Crippen molar-refractivity contribution in [3.63, 3.8) is 0 Å². The van der Waals surface area contributed by atoms with E-state index >= 15 is 0 Å². The topological polar surface area (TPSA) is 124 Å². The highest BCUT2D eigenvalue weighted by atomic mass is 16.6. The van der Waals surface area contributed by atoms with Crippen LogP contribution in [0, 0.1) is 0 Å². The lowest BCUT2D eigenvalue weighted by Crippen LogP contribution is -2.54. The lowest BCUT2D eigenvalue weighted by molar-refractivity contribution is -0.116. The fourth-order valence-corrected chi connectivity index (χ4v) is 4.44. The van der Waals surface area contributed by atoms with E-state index in [0.29, 0.717) is 25.3 Å². The molecule has 12 nitrogen and oxygen atoms in total. The molecule has 1 saturated heterocycles. The van der Waals surface area contributed by atoms with Crippen molar-refractivity contribution >= 4 is 34.5 Å². The van der Waals surface area contributed by atoms with Gasteiger partial charge in [-0.05, 0) is 52.0 Å². The van der Waals surface area contributed by atoms with Gasteiger partial charge in [-0.1, -0.05) is 0 Å².